The van der Waals surface area contributed by atoms with Crippen LogP contribution < -0.4 is 10.6 Å². The molecule has 0 spiro atoms. The van der Waals surface area contributed by atoms with E-state index in [1.54, 1.807) is 12.1 Å². The first-order valence-electron chi connectivity index (χ1n) is 6.91. The molecule has 21 heavy (non-hydrogen) atoms. The Morgan fingerprint density at radius 2 is 1.81 bits per heavy atom. The van der Waals surface area contributed by atoms with Gasteiger partial charge in [-0.3, -0.25) is 10.1 Å². The van der Waals surface area contributed by atoms with Crippen LogP contribution in [-0.4, -0.2) is 27.3 Å². The molecule has 3 rings (SSSR count). The Labute approximate surface area is 126 Å². The molecule has 6 nitrogen and oxygen atoms in total. The maximum Gasteiger partial charge on any atom is 0.257 e. The van der Waals surface area contributed by atoms with Crippen molar-refractivity contribution in [3.8, 4) is 5.75 Å². The number of hydrogen-bond acceptors (Lipinski definition) is 6. The van der Waals surface area contributed by atoms with Gasteiger partial charge in [0.25, 0.3) is 5.91 Å². The van der Waals surface area contributed by atoms with Gasteiger partial charge in [-0.1, -0.05) is 24.2 Å². The summed E-state index contributed by atoms with van der Waals surface area (Å²) in [7, 11) is 0. The molecule has 1 fully saturated rings. The minimum atomic E-state index is -0.265. The van der Waals surface area contributed by atoms with Crippen molar-refractivity contribution < 1.29 is 9.90 Å². The van der Waals surface area contributed by atoms with Gasteiger partial charge < -0.3 is 10.4 Å². The zero-order valence-corrected chi connectivity index (χ0v) is 12.2. The van der Waals surface area contributed by atoms with Gasteiger partial charge in [0, 0.05) is 11.6 Å². The van der Waals surface area contributed by atoms with E-state index >= 15 is 0 Å². The predicted octanol–water partition coefficient (Wildman–Crippen LogP) is 2.85. The number of anilines is 2. The van der Waals surface area contributed by atoms with Crippen molar-refractivity contribution in [1.82, 2.24) is 10.2 Å². The molecule has 1 aliphatic rings. The van der Waals surface area contributed by atoms with Crippen molar-refractivity contribution in [3.63, 3.8) is 0 Å². The highest BCUT2D eigenvalue weighted by atomic mass is 32.1. The Kier molecular flexibility index (Phi) is 4.01. The van der Waals surface area contributed by atoms with E-state index in [1.807, 2.05) is 0 Å². The Morgan fingerprint density at radius 3 is 2.52 bits per heavy atom. The summed E-state index contributed by atoms with van der Waals surface area (Å²) in [4.78, 5) is 12.0. The largest absolute Gasteiger partial charge is 0.508 e. The minimum absolute atomic E-state index is 0.130. The number of benzene rings is 1. The number of hydrogen-bond donors (Lipinski definition) is 3. The van der Waals surface area contributed by atoms with Gasteiger partial charge in [-0.15, -0.1) is 10.2 Å². The van der Waals surface area contributed by atoms with Crippen LogP contribution in [0.4, 0.5) is 10.3 Å². The quantitative estimate of drug-likeness (QED) is 0.808. The number of phenolic OH excluding ortho intramolecular Hbond substituents is 1. The van der Waals surface area contributed by atoms with Crippen LogP contribution in [0.25, 0.3) is 0 Å². The van der Waals surface area contributed by atoms with E-state index in [1.165, 1.54) is 36.3 Å². The molecule has 2 aromatic rings. The normalized spacial score (nSPS) is 15.0. The second-order valence-electron chi connectivity index (χ2n) is 5.04. The number of carbonyl (C=O) groups is 1. The number of carbonyl (C=O) groups excluding carboxylic acids is 1. The standard InChI is InChI=1S/C14H16N4O2S/c19-11-7-5-9(6-8-11)12(20)16-14-18-17-13(21-14)15-10-3-1-2-4-10/h5-8,10,19H,1-4H2,(H,15,17)(H,16,18,20). The highest BCUT2D eigenvalue weighted by Gasteiger charge is 2.17. The lowest BCUT2D eigenvalue weighted by Gasteiger charge is -2.08. The van der Waals surface area contributed by atoms with Crippen molar-refractivity contribution >= 4 is 27.5 Å². The fourth-order valence-electron chi connectivity index (χ4n) is 2.36. The molecule has 1 heterocycles. The third-order valence-corrected chi connectivity index (χ3v) is 4.23. The average Bonchev–Trinajstić information content (AvgIpc) is 3.12. The Balaban J connectivity index is 1.61. The van der Waals surface area contributed by atoms with Crippen LogP contribution in [0, 0.1) is 0 Å². The van der Waals surface area contributed by atoms with E-state index in [2.05, 4.69) is 20.8 Å². The van der Waals surface area contributed by atoms with Gasteiger partial charge in [-0.05, 0) is 37.1 Å². The lowest BCUT2D eigenvalue weighted by Crippen LogP contribution is -2.14. The minimum Gasteiger partial charge on any atom is -0.508 e. The molecule has 7 heteroatoms. The monoisotopic (exact) mass is 304 g/mol. The summed E-state index contributed by atoms with van der Waals surface area (Å²) in [5.41, 5.74) is 0.466. The molecule has 0 bridgehead atoms. The molecule has 1 aliphatic carbocycles. The lowest BCUT2D eigenvalue weighted by molar-refractivity contribution is 0.102. The summed E-state index contributed by atoms with van der Waals surface area (Å²) >= 11 is 1.33. The third kappa shape index (κ3) is 3.49. The number of phenols is 1. The maximum atomic E-state index is 12.0. The molecular weight excluding hydrogens is 288 g/mol. The molecule has 0 saturated heterocycles. The highest BCUT2D eigenvalue weighted by molar-refractivity contribution is 7.19. The highest BCUT2D eigenvalue weighted by Crippen LogP contribution is 2.26. The number of rotatable bonds is 4. The van der Waals surface area contributed by atoms with E-state index in [4.69, 9.17) is 0 Å². The molecule has 1 aromatic heterocycles. The topological polar surface area (TPSA) is 87.1 Å². The zero-order chi connectivity index (χ0) is 14.7. The zero-order valence-electron chi connectivity index (χ0n) is 11.4. The molecule has 110 valence electrons. The van der Waals surface area contributed by atoms with Crippen molar-refractivity contribution in [1.29, 1.82) is 0 Å². The van der Waals surface area contributed by atoms with Gasteiger partial charge in [0.2, 0.25) is 10.3 Å². The van der Waals surface area contributed by atoms with Crippen molar-refractivity contribution in [2.45, 2.75) is 31.7 Å². The molecule has 1 amide bonds. The van der Waals surface area contributed by atoms with Gasteiger partial charge in [-0.25, -0.2) is 0 Å². The summed E-state index contributed by atoms with van der Waals surface area (Å²) in [6, 6.07) is 6.54. The fourth-order valence-corrected chi connectivity index (χ4v) is 3.07. The van der Waals surface area contributed by atoms with Gasteiger partial charge >= 0.3 is 0 Å². The first kappa shape index (κ1) is 13.8. The maximum absolute atomic E-state index is 12.0. The van der Waals surface area contributed by atoms with Gasteiger partial charge in [0.1, 0.15) is 5.75 Å². The van der Waals surface area contributed by atoms with Crippen LogP contribution in [0.3, 0.4) is 0 Å². The van der Waals surface area contributed by atoms with Gasteiger partial charge in [0.05, 0.1) is 0 Å². The number of aromatic nitrogens is 2. The second-order valence-corrected chi connectivity index (χ2v) is 6.02. The SMILES string of the molecule is O=C(Nc1nnc(NC2CCCC2)s1)c1ccc(O)cc1. The van der Waals surface area contributed by atoms with Crippen LogP contribution in [0.2, 0.25) is 0 Å². The molecule has 0 radical (unpaired) electrons. The average molecular weight is 304 g/mol. The molecule has 0 unspecified atom stereocenters. The van der Waals surface area contributed by atoms with Crippen LogP contribution in [0.15, 0.2) is 24.3 Å². The van der Waals surface area contributed by atoms with Gasteiger partial charge in [0.15, 0.2) is 0 Å². The smallest absolute Gasteiger partial charge is 0.257 e. The Bertz CT molecular complexity index is 620. The number of nitrogens with one attached hydrogen (secondary N) is 2. The van der Waals surface area contributed by atoms with Crippen LogP contribution >= 0.6 is 11.3 Å². The molecule has 1 aromatic carbocycles. The summed E-state index contributed by atoms with van der Waals surface area (Å²) in [5, 5.41) is 24.5. The van der Waals surface area contributed by atoms with Crippen molar-refractivity contribution in [2.24, 2.45) is 0 Å². The first-order chi connectivity index (χ1) is 10.2. The molecule has 1 saturated carbocycles. The Morgan fingerprint density at radius 1 is 1.14 bits per heavy atom. The summed E-state index contributed by atoms with van der Waals surface area (Å²) in [5.74, 6) is -0.135. The summed E-state index contributed by atoms with van der Waals surface area (Å²) < 4.78 is 0. The van der Waals surface area contributed by atoms with Crippen LogP contribution in [0.1, 0.15) is 36.0 Å². The lowest BCUT2D eigenvalue weighted by atomic mass is 10.2. The number of aromatic hydroxyl groups is 1. The third-order valence-electron chi connectivity index (χ3n) is 3.46. The number of amides is 1. The second kappa shape index (κ2) is 6.09. The predicted molar refractivity (Wildman–Crippen MR) is 81.8 cm³/mol. The van der Waals surface area contributed by atoms with E-state index in [-0.39, 0.29) is 11.7 Å². The molecule has 3 N–H and O–H groups in total. The van der Waals surface area contributed by atoms with Gasteiger partial charge in [-0.2, -0.15) is 0 Å². The van der Waals surface area contributed by atoms with E-state index in [0.717, 1.165) is 18.0 Å². The molecule has 0 atom stereocenters. The molecule has 0 aliphatic heterocycles. The summed E-state index contributed by atoms with van der Waals surface area (Å²) in [6.07, 6.45) is 4.82. The Hall–Kier alpha value is -2.15. The van der Waals surface area contributed by atoms with Crippen LogP contribution in [0.5, 0.6) is 5.75 Å². The first-order valence-corrected chi connectivity index (χ1v) is 7.73. The molecular formula is C14H16N4O2S. The fraction of sp³-hybridized carbons (Fsp3) is 0.357. The van der Waals surface area contributed by atoms with Crippen molar-refractivity contribution in [2.75, 3.05) is 10.6 Å². The van der Waals surface area contributed by atoms with E-state index in [9.17, 15) is 9.90 Å². The summed E-state index contributed by atoms with van der Waals surface area (Å²) in [6.45, 7) is 0. The van der Waals surface area contributed by atoms with Crippen molar-refractivity contribution in [3.05, 3.63) is 29.8 Å². The van der Waals surface area contributed by atoms with Crippen LogP contribution in [-0.2, 0) is 0 Å². The number of nitrogens with zero attached hydrogens (tertiary/aromatic N) is 2. The van der Waals surface area contributed by atoms with E-state index < -0.39 is 0 Å². The van der Waals surface area contributed by atoms with E-state index in [0.29, 0.717) is 16.7 Å².